The number of rotatable bonds is 4. The van der Waals surface area contributed by atoms with E-state index in [4.69, 9.17) is 0 Å². The minimum atomic E-state index is 0.364. The highest BCUT2D eigenvalue weighted by Crippen LogP contribution is 2.20. The minimum Gasteiger partial charge on any atom is -0.312 e. The number of aryl methyl sites for hydroxylation is 1. The minimum absolute atomic E-state index is 0.364. The third-order valence-electron chi connectivity index (χ3n) is 4.18. The zero-order valence-corrected chi connectivity index (χ0v) is 14.4. The van der Waals surface area contributed by atoms with E-state index in [1.807, 2.05) is 0 Å². The summed E-state index contributed by atoms with van der Waals surface area (Å²) in [5.74, 6) is 0.779. The molecule has 0 bridgehead atoms. The Kier molecular flexibility index (Phi) is 5.45. The van der Waals surface area contributed by atoms with Gasteiger partial charge in [0.1, 0.15) is 0 Å². The maximum absolute atomic E-state index is 3.78. The molecule has 1 aliphatic heterocycles. The van der Waals surface area contributed by atoms with E-state index >= 15 is 0 Å². The Labute approximate surface area is 130 Å². The maximum Gasteiger partial charge on any atom is 0.0234 e. The zero-order valence-electron chi connectivity index (χ0n) is 14.4. The summed E-state index contributed by atoms with van der Waals surface area (Å²) in [6.45, 7) is 16.0. The van der Waals surface area contributed by atoms with Gasteiger partial charge in [-0.15, -0.1) is 0 Å². The summed E-state index contributed by atoms with van der Waals surface area (Å²) in [6.07, 6.45) is 1.31. The van der Waals surface area contributed by atoms with Gasteiger partial charge in [-0.05, 0) is 30.2 Å². The summed E-state index contributed by atoms with van der Waals surface area (Å²) in [5, 5.41) is 3.78. The number of likely N-dealkylation sites (tertiary alicyclic amines) is 1. The van der Waals surface area contributed by atoms with Crippen molar-refractivity contribution in [2.45, 2.75) is 53.6 Å². The lowest BCUT2D eigenvalue weighted by Crippen LogP contribution is -2.49. The molecule has 2 nitrogen and oxygen atoms in total. The van der Waals surface area contributed by atoms with Crippen LogP contribution >= 0.6 is 0 Å². The highest BCUT2D eigenvalue weighted by molar-refractivity contribution is 5.21. The van der Waals surface area contributed by atoms with Crippen LogP contribution in [0.3, 0.4) is 0 Å². The third kappa shape index (κ3) is 5.80. The first-order valence-corrected chi connectivity index (χ1v) is 8.33. The predicted octanol–water partition coefficient (Wildman–Crippen LogP) is 3.84. The molecule has 0 saturated carbocycles. The van der Waals surface area contributed by atoms with Crippen molar-refractivity contribution in [1.29, 1.82) is 0 Å². The van der Waals surface area contributed by atoms with Crippen molar-refractivity contribution in [3.8, 4) is 0 Å². The fourth-order valence-corrected chi connectivity index (χ4v) is 3.14. The molecule has 1 aromatic carbocycles. The van der Waals surface area contributed by atoms with Crippen molar-refractivity contribution in [3.63, 3.8) is 0 Å². The van der Waals surface area contributed by atoms with E-state index in [9.17, 15) is 0 Å². The second kappa shape index (κ2) is 6.93. The van der Waals surface area contributed by atoms with Gasteiger partial charge in [0.25, 0.3) is 0 Å². The molecule has 118 valence electrons. The van der Waals surface area contributed by atoms with Crippen LogP contribution < -0.4 is 5.32 Å². The van der Waals surface area contributed by atoms with Crippen LogP contribution in [-0.4, -0.2) is 30.6 Å². The molecule has 1 heterocycles. The molecule has 1 fully saturated rings. The van der Waals surface area contributed by atoms with Gasteiger partial charge in [0.05, 0.1) is 0 Å². The Morgan fingerprint density at radius 2 is 1.81 bits per heavy atom. The lowest BCUT2D eigenvalue weighted by Gasteiger charge is -2.38. The Morgan fingerprint density at radius 1 is 1.14 bits per heavy atom. The monoisotopic (exact) mass is 288 g/mol. The average Bonchev–Trinajstić information content (AvgIpc) is 2.38. The van der Waals surface area contributed by atoms with Crippen molar-refractivity contribution in [1.82, 2.24) is 10.2 Å². The number of hydrogen-bond acceptors (Lipinski definition) is 2. The van der Waals surface area contributed by atoms with Crippen LogP contribution in [0.5, 0.6) is 0 Å². The highest BCUT2D eigenvalue weighted by atomic mass is 15.2. The number of hydrogen-bond donors (Lipinski definition) is 1. The predicted molar refractivity (Wildman–Crippen MR) is 91.5 cm³/mol. The van der Waals surface area contributed by atoms with Crippen LogP contribution in [0, 0.1) is 18.3 Å². The molecule has 21 heavy (non-hydrogen) atoms. The SMILES string of the molecule is Cc1ccc(CN2CC(C)CC(NCC(C)(C)C)C2)cc1. The molecule has 0 radical (unpaired) electrons. The Morgan fingerprint density at radius 3 is 2.43 bits per heavy atom. The fraction of sp³-hybridized carbons (Fsp3) is 0.684. The number of nitrogens with one attached hydrogen (secondary N) is 1. The van der Waals surface area contributed by atoms with E-state index in [-0.39, 0.29) is 0 Å². The van der Waals surface area contributed by atoms with Crippen LogP contribution in [0.1, 0.15) is 45.2 Å². The number of nitrogens with zero attached hydrogens (tertiary/aromatic N) is 1. The van der Waals surface area contributed by atoms with Gasteiger partial charge in [0.2, 0.25) is 0 Å². The van der Waals surface area contributed by atoms with Crippen molar-refractivity contribution in [2.24, 2.45) is 11.3 Å². The molecule has 2 rings (SSSR count). The molecular formula is C19H32N2. The van der Waals surface area contributed by atoms with Gasteiger partial charge in [0.15, 0.2) is 0 Å². The summed E-state index contributed by atoms with van der Waals surface area (Å²) < 4.78 is 0. The largest absolute Gasteiger partial charge is 0.312 e. The quantitative estimate of drug-likeness (QED) is 0.905. The maximum atomic E-state index is 3.78. The highest BCUT2D eigenvalue weighted by Gasteiger charge is 2.25. The van der Waals surface area contributed by atoms with Gasteiger partial charge < -0.3 is 5.32 Å². The Balaban J connectivity index is 1.89. The normalized spacial score (nSPS) is 24.2. The Bertz CT molecular complexity index is 430. The van der Waals surface area contributed by atoms with Crippen molar-refractivity contribution in [2.75, 3.05) is 19.6 Å². The summed E-state index contributed by atoms with van der Waals surface area (Å²) >= 11 is 0. The second-order valence-corrected chi connectivity index (χ2v) is 8.16. The summed E-state index contributed by atoms with van der Waals surface area (Å²) in [7, 11) is 0. The molecule has 1 aromatic rings. The van der Waals surface area contributed by atoms with Crippen LogP contribution in [0.25, 0.3) is 0 Å². The van der Waals surface area contributed by atoms with Gasteiger partial charge in [-0.25, -0.2) is 0 Å². The molecular weight excluding hydrogens is 256 g/mol. The van der Waals surface area contributed by atoms with Gasteiger partial charge in [-0.2, -0.15) is 0 Å². The molecule has 1 N–H and O–H groups in total. The van der Waals surface area contributed by atoms with Crippen LogP contribution in [-0.2, 0) is 6.54 Å². The van der Waals surface area contributed by atoms with Crippen LogP contribution in [0.2, 0.25) is 0 Å². The zero-order chi connectivity index (χ0) is 15.5. The van der Waals surface area contributed by atoms with E-state index in [1.165, 1.54) is 30.6 Å². The first-order valence-electron chi connectivity index (χ1n) is 8.33. The molecule has 1 aliphatic rings. The van der Waals surface area contributed by atoms with Gasteiger partial charge in [0, 0.05) is 32.2 Å². The van der Waals surface area contributed by atoms with Gasteiger partial charge >= 0.3 is 0 Å². The lowest BCUT2D eigenvalue weighted by atomic mass is 9.92. The summed E-state index contributed by atoms with van der Waals surface area (Å²) in [4.78, 5) is 2.61. The summed E-state index contributed by atoms with van der Waals surface area (Å²) in [5.41, 5.74) is 3.14. The van der Waals surface area contributed by atoms with E-state index < -0.39 is 0 Å². The Hall–Kier alpha value is -0.860. The van der Waals surface area contributed by atoms with E-state index in [1.54, 1.807) is 0 Å². The first-order chi connectivity index (χ1) is 9.82. The molecule has 2 unspecified atom stereocenters. The van der Waals surface area contributed by atoms with Gasteiger partial charge in [-0.1, -0.05) is 57.5 Å². The number of benzene rings is 1. The smallest absolute Gasteiger partial charge is 0.0234 e. The standard InChI is InChI=1S/C19H32N2/c1-15-6-8-17(9-7-15)12-21-11-16(2)10-18(13-21)20-14-19(3,4)5/h6-9,16,18,20H,10-14H2,1-5H3. The number of piperidine rings is 1. The van der Waals surface area contributed by atoms with Gasteiger partial charge in [-0.3, -0.25) is 4.90 Å². The molecule has 1 saturated heterocycles. The topological polar surface area (TPSA) is 15.3 Å². The van der Waals surface area contributed by atoms with Crippen LogP contribution in [0.4, 0.5) is 0 Å². The third-order valence-corrected chi connectivity index (χ3v) is 4.18. The molecule has 2 heteroatoms. The van der Waals surface area contributed by atoms with Crippen molar-refractivity contribution in [3.05, 3.63) is 35.4 Å². The molecule has 0 amide bonds. The fourth-order valence-electron chi connectivity index (χ4n) is 3.14. The lowest BCUT2D eigenvalue weighted by molar-refractivity contribution is 0.136. The summed E-state index contributed by atoms with van der Waals surface area (Å²) in [6, 6.07) is 9.62. The average molecular weight is 288 g/mol. The van der Waals surface area contributed by atoms with E-state index in [2.05, 4.69) is 69.1 Å². The van der Waals surface area contributed by atoms with Crippen molar-refractivity contribution >= 4 is 0 Å². The van der Waals surface area contributed by atoms with E-state index in [0.717, 1.165) is 19.0 Å². The first kappa shape index (κ1) is 16.5. The molecule has 0 aromatic heterocycles. The molecule has 2 atom stereocenters. The second-order valence-electron chi connectivity index (χ2n) is 8.16. The van der Waals surface area contributed by atoms with Crippen molar-refractivity contribution < 1.29 is 0 Å². The van der Waals surface area contributed by atoms with Crippen LogP contribution in [0.15, 0.2) is 24.3 Å². The molecule has 0 aliphatic carbocycles. The van der Waals surface area contributed by atoms with E-state index in [0.29, 0.717) is 11.5 Å². The molecule has 0 spiro atoms.